The molecule has 0 aliphatic rings. The van der Waals surface area contributed by atoms with E-state index >= 15 is 0 Å². The minimum absolute atomic E-state index is 0.0390. The summed E-state index contributed by atoms with van der Waals surface area (Å²) >= 11 is 0. The van der Waals surface area contributed by atoms with Crippen LogP contribution in [0.25, 0.3) is 0 Å². The van der Waals surface area contributed by atoms with E-state index in [2.05, 4.69) is 9.71 Å². The van der Waals surface area contributed by atoms with Gasteiger partial charge in [0.05, 0.1) is 16.8 Å². The third-order valence-electron chi connectivity index (χ3n) is 2.86. The van der Waals surface area contributed by atoms with Crippen molar-refractivity contribution in [3.8, 4) is 6.07 Å². The lowest BCUT2D eigenvalue weighted by molar-refractivity contribution is 0.569. The molecule has 0 radical (unpaired) electrons. The number of sulfonamides is 1. The van der Waals surface area contributed by atoms with Gasteiger partial charge in [-0.25, -0.2) is 18.1 Å². The van der Waals surface area contributed by atoms with Crippen molar-refractivity contribution in [1.82, 2.24) is 14.3 Å². The molecule has 0 atom stereocenters. The molecular formula is C13H15N5O2S. The maximum absolute atomic E-state index is 12.2. The van der Waals surface area contributed by atoms with Crippen molar-refractivity contribution in [3.05, 3.63) is 42.5 Å². The number of aryl methyl sites for hydroxylation is 1. The molecule has 0 bridgehead atoms. The Kier molecular flexibility index (Phi) is 4.57. The van der Waals surface area contributed by atoms with Crippen molar-refractivity contribution in [2.45, 2.75) is 17.9 Å². The maximum Gasteiger partial charge on any atom is 0.241 e. The molecule has 0 saturated carbocycles. The van der Waals surface area contributed by atoms with E-state index < -0.39 is 10.0 Å². The maximum atomic E-state index is 12.2. The molecule has 0 saturated heterocycles. The summed E-state index contributed by atoms with van der Waals surface area (Å²) in [6.45, 7) is 0.936. The monoisotopic (exact) mass is 305 g/mol. The van der Waals surface area contributed by atoms with Gasteiger partial charge in [0.1, 0.15) is 6.07 Å². The van der Waals surface area contributed by atoms with Gasteiger partial charge in [0.2, 0.25) is 10.0 Å². The number of nitrogens with two attached hydrogens (primary N) is 1. The standard InChI is InChI=1S/C13H15N5O2S/c14-9-11-8-12(15)2-3-13(11)21(19,20)17-4-1-6-18-7-5-16-10-18/h2-3,5,7-8,10,17H,1,4,6,15H2. The highest BCUT2D eigenvalue weighted by atomic mass is 32.2. The van der Waals surface area contributed by atoms with Gasteiger partial charge in [-0.1, -0.05) is 0 Å². The fraction of sp³-hybridized carbons (Fsp3) is 0.231. The van der Waals surface area contributed by atoms with Crippen molar-refractivity contribution in [1.29, 1.82) is 5.26 Å². The van der Waals surface area contributed by atoms with Gasteiger partial charge in [-0.3, -0.25) is 0 Å². The Labute approximate surface area is 123 Å². The van der Waals surface area contributed by atoms with Gasteiger partial charge in [0.15, 0.2) is 0 Å². The van der Waals surface area contributed by atoms with Crippen LogP contribution in [0, 0.1) is 11.3 Å². The number of hydrogen-bond donors (Lipinski definition) is 2. The lowest BCUT2D eigenvalue weighted by Gasteiger charge is -2.09. The summed E-state index contributed by atoms with van der Waals surface area (Å²) in [6.07, 6.45) is 5.76. The number of aromatic nitrogens is 2. The Hall–Kier alpha value is -2.37. The van der Waals surface area contributed by atoms with E-state index in [0.717, 1.165) is 0 Å². The molecule has 0 aliphatic carbocycles. The van der Waals surface area contributed by atoms with E-state index in [9.17, 15) is 8.42 Å². The second-order valence-corrected chi connectivity index (χ2v) is 6.15. The third-order valence-corrected chi connectivity index (χ3v) is 4.38. The molecule has 0 spiro atoms. The highest BCUT2D eigenvalue weighted by Gasteiger charge is 2.18. The fourth-order valence-electron chi connectivity index (χ4n) is 1.83. The molecule has 1 heterocycles. The first-order valence-corrected chi connectivity index (χ1v) is 7.76. The molecule has 2 aromatic rings. The summed E-state index contributed by atoms with van der Waals surface area (Å²) in [4.78, 5) is 3.85. The molecular weight excluding hydrogens is 290 g/mol. The molecule has 0 fully saturated rings. The first-order valence-electron chi connectivity index (χ1n) is 6.28. The van der Waals surface area contributed by atoms with Gasteiger partial charge in [0.25, 0.3) is 0 Å². The summed E-state index contributed by atoms with van der Waals surface area (Å²) < 4.78 is 28.7. The predicted molar refractivity (Wildman–Crippen MR) is 77.6 cm³/mol. The summed E-state index contributed by atoms with van der Waals surface area (Å²) in [7, 11) is -3.71. The van der Waals surface area contributed by atoms with E-state index in [0.29, 0.717) is 18.7 Å². The lowest BCUT2D eigenvalue weighted by Crippen LogP contribution is -2.26. The van der Waals surface area contributed by atoms with Crippen molar-refractivity contribution in [3.63, 3.8) is 0 Å². The van der Waals surface area contributed by atoms with Crippen molar-refractivity contribution in [2.75, 3.05) is 12.3 Å². The number of benzene rings is 1. The SMILES string of the molecule is N#Cc1cc(N)ccc1S(=O)(=O)NCCCn1ccnc1. The molecule has 21 heavy (non-hydrogen) atoms. The average molecular weight is 305 g/mol. The van der Waals surface area contributed by atoms with Crippen LogP contribution in [0.5, 0.6) is 0 Å². The highest BCUT2D eigenvalue weighted by molar-refractivity contribution is 7.89. The Bertz CT molecular complexity index is 747. The quantitative estimate of drug-likeness (QED) is 0.602. The zero-order valence-corrected chi connectivity index (χ0v) is 12.0. The van der Waals surface area contributed by atoms with E-state index in [4.69, 9.17) is 11.0 Å². The number of nitrogens with one attached hydrogen (secondary N) is 1. The van der Waals surface area contributed by atoms with Crippen LogP contribution < -0.4 is 10.5 Å². The first kappa shape index (κ1) is 15.0. The molecule has 0 unspecified atom stereocenters. The summed E-state index contributed by atoms with van der Waals surface area (Å²) in [6, 6.07) is 5.99. The highest BCUT2D eigenvalue weighted by Crippen LogP contribution is 2.17. The van der Waals surface area contributed by atoms with E-state index in [1.54, 1.807) is 12.5 Å². The zero-order valence-electron chi connectivity index (χ0n) is 11.2. The van der Waals surface area contributed by atoms with Gasteiger partial charge < -0.3 is 10.3 Å². The molecule has 3 N–H and O–H groups in total. The number of anilines is 1. The van der Waals surface area contributed by atoms with Crippen LogP contribution in [0.1, 0.15) is 12.0 Å². The predicted octanol–water partition coefficient (Wildman–Crippen LogP) is 0.706. The number of nitriles is 1. The normalized spacial score (nSPS) is 11.2. The Morgan fingerprint density at radius 1 is 1.43 bits per heavy atom. The van der Waals surface area contributed by atoms with E-state index in [1.807, 2.05) is 16.8 Å². The summed E-state index contributed by atoms with van der Waals surface area (Å²) in [5.74, 6) is 0. The molecule has 7 nitrogen and oxygen atoms in total. The number of nitrogen functional groups attached to an aromatic ring is 1. The minimum Gasteiger partial charge on any atom is -0.399 e. The zero-order chi connectivity index (χ0) is 15.3. The third kappa shape index (κ3) is 3.81. The second kappa shape index (κ2) is 6.39. The van der Waals surface area contributed by atoms with E-state index in [-0.39, 0.29) is 17.0 Å². The second-order valence-electron chi connectivity index (χ2n) is 4.42. The van der Waals surface area contributed by atoms with Crippen molar-refractivity contribution < 1.29 is 8.42 Å². The van der Waals surface area contributed by atoms with Crippen molar-refractivity contribution in [2.24, 2.45) is 0 Å². The molecule has 1 aromatic heterocycles. The number of nitrogens with zero attached hydrogens (tertiary/aromatic N) is 3. The topological polar surface area (TPSA) is 114 Å². The van der Waals surface area contributed by atoms with Crippen LogP contribution in [0.4, 0.5) is 5.69 Å². The van der Waals surface area contributed by atoms with Crippen LogP contribution >= 0.6 is 0 Å². The molecule has 2 rings (SSSR count). The van der Waals surface area contributed by atoms with Gasteiger partial charge in [-0.2, -0.15) is 5.26 Å². The van der Waals surface area contributed by atoms with Gasteiger partial charge >= 0.3 is 0 Å². The number of hydrogen-bond acceptors (Lipinski definition) is 5. The van der Waals surface area contributed by atoms with Gasteiger partial charge in [-0.15, -0.1) is 0 Å². The fourth-order valence-corrected chi connectivity index (χ4v) is 3.04. The Morgan fingerprint density at radius 3 is 2.90 bits per heavy atom. The number of rotatable bonds is 6. The van der Waals surface area contributed by atoms with Crippen LogP contribution in [0.15, 0.2) is 41.8 Å². The van der Waals surface area contributed by atoms with E-state index in [1.165, 1.54) is 18.2 Å². The molecule has 0 aliphatic heterocycles. The van der Waals surface area contributed by atoms with Crippen molar-refractivity contribution >= 4 is 15.7 Å². The first-order chi connectivity index (χ1) is 10.0. The van der Waals surface area contributed by atoms with Crippen LogP contribution in [-0.4, -0.2) is 24.5 Å². The van der Waals surface area contributed by atoms with Gasteiger partial charge in [-0.05, 0) is 24.6 Å². The largest absolute Gasteiger partial charge is 0.399 e. The minimum atomic E-state index is -3.71. The number of imidazole rings is 1. The molecule has 1 aromatic carbocycles. The molecule has 0 amide bonds. The Balaban J connectivity index is 2.00. The van der Waals surface area contributed by atoms with Crippen LogP contribution in [0.2, 0.25) is 0 Å². The Morgan fingerprint density at radius 2 is 2.24 bits per heavy atom. The molecule has 110 valence electrons. The summed E-state index contributed by atoms with van der Waals surface area (Å²) in [5, 5.41) is 8.99. The van der Waals surface area contributed by atoms with Crippen LogP contribution in [-0.2, 0) is 16.6 Å². The van der Waals surface area contributed by atoms with Crippen LogP contribution in [0.3, 0.4) is 0 Å². The molecule has 8 heteroatoms. The van der Waals surface area contributed by atoms with Gasteiger partial charge in [0, 0.05) is 31.2 Å². The summed E-state index contributed by atoms with van der Waals surface area (Å²) in [5.41, 5.74) is 5.94. The smallest absolute Gasteiger partial charge is 0.241 e. The average Bonchev–Trinajstić information content (AvgIpc) is 2.96. The lowest BCUT2D eigenvalue weighted by atomic mass is 10.2.